The van der Waals surface area contributed by atoms with Crippen LogP contribution in [0.4, 0.5) is 11.4 Å². The van der Waals surface area contributed by atoms with Gasteiger partial charge in [0.15, 0.2) is 11.1 Å². The normalized spacial score (nSPS) is 13.9. The van der Waals surface area contributed by atoms with Crippen LogP contribution in [0.1, 0.15) is 12.8 Å². The molecule has 0 saturated heterocycles. The molecule has 11 heteroatoms. The molecule has 37 heavy (non-hydrogen) atoms. The molecule has 6 rings (SSSR count). The van der Waals surface area contributed by atoms with Gasteiger partial charge in [0.1, 0.15) is 21.4 Å². The predicted molar refractivity (Wildman–Crippen MR) is 152 cm³/mol. The number of hydrogen-bond acceptors (Lipinski definition) is 9. The van der Waals surface area contributed by atoms with Crippen LogP contribution in [0.25, 0.3) is 43.5 Å². The van der Waals surface area contributed by atoms with Crippen LogP contribution in [0.15, 0.2) is 80.7 Å². The zero-order chi connectivity index (χ0) is 25.4. The monoisotopic (exact) mass is 562 g/mol. The van der Waals surface area contributed by atoms with Crippen LogP contribution in [0.3, 0.4) is 0 Å². The summed E-state index contributed by atoms with van der Waals surface area (Å²) in [6.45, 7) is 0. The number of para-hydroxylation sites is 1. The van der Waals surface area contributed by atoms with E-state index in [0.717, 1.165) is 54.1 Å². The van der Waals surface area contributed by atoms with E-state index in [0.29, 0.717) is 22.6 Å². The summed E-state index contributed by atoms with van der Waals surface area (Å²) in [5.41, 5.74) is 3.25. The first kappa shape index (κ1) is 24.3. The van der Waals surface area contributed by atoms with Gasteiger partial charge < -0.3 is 9.11 Å². The number of azo groups is 1. The van der Waals surface area contributed by atoms with Gasteiger partial charge >= 0.3 is 0 Å². The molecule has 5 aromatic rings. The van der Waals surface area contributed by atoms with Crippen molar-refractivity contribution < 1.29 is 13.3 Å². The van der Waals surface area contributed by atoms with E-state index in [2.05, 4.69) is 32.3 Å². The molecular formula is C26H18N4O3S4. The molecule has 2 aromatic heterocycles. The molecule has 2 heterocycles. The van der Waals surface area contributed by atoms with Crippen LogP contribution in [-0.2, 0) is 11.1 Å². The average Bonchev–Trinajstić information content (AvgIpc) is 3.56. The minimum atomic E-state index is -2.27. The summed E-state index contributed by atoms with van der Waals surface area (Å²) in [4.78, 5) is 10.00. The molecule has 0 radical (unpaired) electrons. The molecule has 1 aliphatic carbocycles. The van der Waals surface area contributed by atoms with Gasteiger partial charge in [-0.3, -0.25) is 0 Å². The predicted octanol–water partition coefficient (Wildman–Crippen LogP) is 7.00. The van der Waals surface area contributed by atoms with Crippen molar-refractivity contribution >= 4 is 79.5 Å². The molecule has 1 atom stereocenters. The lowest BCUT2D eigenvalue weighted by atomic mass is 10.2. The Hall–Kier alpha value is -3.06. The molecule has 3 aromatic carbocycles. The number of aromatic nitrogens is 2. The minimum absolute atomic E-state index is 0.145. The van der Waals surface area contributed by atoms with E-state index in [4.69, 9.17) is 0 Å². The standard InChI is InChI=1S/C26H18N4O3S4/c31-36-23-13-15(25-27-17-5-1-3-7-21(17)34-25)9-11-19(23)29-30-20-12-10-16(14-24(20)37(32)33)26-28-18-6-2-4-8-22(18)35-26/h1,3,5-14,31H,2,4H2,(H,32,33). The summed E-state index contributed by atoms with van der Waals surface area (Å²) in [6.07, 6.45) is 6.25. The summed E-state index contributed by atoms with van der Waals surface area (Å²) in [5, 5.41) is 11.1. The van der Waals surface area contributed by atoms with Gasteiger partial charge in [-0.2, -0.15) is 0 Å². The topological polar surface area (TPSA) is 108 Å². The Balaban J connectivity index is 1.32. The van der Waals surface area contributed by atoms with E-state index < -0.39 is 11.1 Å². The van der Waals surface area contributed by atoms with Crippen LogP contribution in [0, 0.1) is 0 Å². The van der Waals surface area contributed by atoms with Crippen molar-refractivity contribution in [2.75, 3.05) is 0 Å². The number of hydrogen-bond donors (Lipinski definition) is 2. The maximum atomic E-state index is 12.1. The first-order chi connectivity index (χ1) is 18.1. The van der Waals surface area contributed by atoms with Crippen LogP contribution in [-0.4, -0.2) is 23.3 Å². The fourth-order valence-corrected chi connectivity index (χ4v) is 6.86. The SMILES string of the molecule is O=S(O)c1cc(-c2nc3c(s2)=CCCC=3)ccc1N=Nc1ccc(-c2nc3ccccc3s2)cc1SO. The van der Waals surface area contributed by atoms with Crippen molar-refractivity contribution in [2.24, 2.45) is 10.2 Å². The third-order valence-corrected chi connectivity index (χ3v) is 9.20. The van der Waals surface area contributed by atoms with Gasteiger partial charge in [0, 0.05) is 23.2 Å². The molecule has 0 fully saturated rings. The van der Waals surface area contributed by atoms with Gasteiger partial charge in [0.25, 0.3) is 0 Å². The fourth-order valence-electron chi connectivity index (χ4n) is 3.97. The van der Waals surface area contributed by atoms with Gasteiger partial charge in [0.2, 0.25) is 0 Å². The zero-order valence-electron chi connectivity index (χ0n) is 19.1. The van der Waals surface area contributed by atoms with Gasteiger partial charge in [-0.15, -0.1) is 32.9 Å². The molecule has 1 aliphatic rings. The van der Waals surface area contributed by atoms with Crippen LogP contribution < -0.4 is 9.88 Å². The maximum absolute atomic E-state index is 12.1. The Kier molecular flexibility index (Phi) is 6.80. The number of thiazole rings is 2. The third-order valence-electron chi connectivity index (χ3n) is 5.77. The Bertz CT molecular complexity index is 1760. The first-order valence-corrected chi connectivity index (χ1v) is 14.8. The summed E-state index contributed by atoms with van der Waals surface area (Å²) in [7, 11) is 0. The molecular weight excluding hydrogens is 545 g/mol. The Morgan fingerprint density at radius 3 is 2.38 bits per heavy atom. The van der Waals surface area contributed by atoms with Crippen molar-refractivity contribution in [3.63, 3.8) is 0 Å². The Labute approximate surface area is 226 Å². The highest BCUT2D eigenvalue weighted by atomic mass is 32.2. The minimum Gasteiger partial charge on any atom is -0.325 e. The van der Waals surface area contributed by atoms with E-state index in [1.807, 2.05) is 42.5 Å². The van der Waals surface area contributed by atoms with Crippen LogP contribution in [0.5, 0.6) is 0 Å². The summed E-state index contributed by atoms with van der Waals surface area (Å²) in [5.74, 6) is 0. The summed E-state index contributed by atoms with van der Waals surface area (Å²) < 4.78 is 34.2. The average molecular weight is 563 g/mol. The van der Waals surface area contributed by atoms with E-state index in [1.54, 1.807) is 40.9 Å². The molecule has 2 N–H and O–H groups in total. The molecule has 0 amide bonds. The number of fused-ring (bicyclic) bond motifs is 2. The highest BCUT2D eigenvalue weighted by Gasteiger charge is 2.14. The summed E-state index contributed by atoms with van der Waals surface area (Å²) in [6, 6.07) is 18.5. The lowest BCUT2D eigenvalue weighted by molar-refractivity contribution is 0.564. The van der Waals surface area contributed by atoms with Crippen molar-refractivity contribution in [1.82, 2.24) is 9.97 Å². The highest BCUT2D eigenvalue weighted by molar-refractivity contribution is 7.94. The largest absolute Gasteiger partial charge is 0.325 e. The lowest BCUT2D eigenvalue weighted by Gasteiger charge is -2.05. The second kappa shape index (κ2) is 10.4. The van der Waals surface area contributed by atoms with Crippen molar-refractivity contribution in [3.05, 3.63) is 70.5 Å². The quantitative estimate of drug-likeness (QED) is 0.131. The first-order valence-electron chi connectivity index (χ1n) is 11.2. The fraction of sp³-hybridized carbons (Fsp3) is 0.0769. The van der Waals surface area contributed by atoms with E-state index >= 15 is 0 Å². The van der Waals surface area contributed by atoms with Gasteiger partial charge in [-0.1, -0.05) is 24.3 Å². The molecule has 0 spiro atoms. The van der Waals surface area contributed by atoms with Gasteiger partial charge in [0.05, 0.1) is 29.9 Å². The molecule has 7 nitrogen and oxygen atoms in total. The van der Waals surface area contributed by atoms with Crippen LogP contribution in [0.2, 0.25) is 0 Å². The smallest absolute Gasteiger partial charge is 0.188 e. The second-order valence-corrected chi connectivity index (χ2v) is 11.8. The zero-order valence-corrected chi connectivity index (χ0v) is 22.3. The summed E-state index contributed by atoms with van der Waals surface area (Å²) >= 11 is 1.44. The molecule has 0 bridgehead atoms. The molecule has 1 unspecified atom stereocenters. The Morgan fingerprint density at radius 1 is 0.865 bits per heavy atom. The van der Waals surface area contributed by atoms with E-state index in [-0.39, 0.29) is 10.6 Å². The maximum Gasteiger partial charge on any atom is 0.188 e. The molecule has 184 valence electrons. The van der Waals surface area contributed by atoms with Crippen molar-refractivity contribution in [3.8, 4) is 21.1 Å². The van der Waals surface area contributed by atoms with Gasteiger partial charge in [-0.25, -0.2) is 14.2 Å². The lowest BCUT2D eigenvalue weighted by Crippen LogP contribution is -2.22. The number of benzene rings is 3. The van der Waals surface area contributed by atoms with Crippen molar-refractivity contribution in [2.45, 2.75) is 22.6 Å². The molecule has 0 aliphatic heterocycles. The van der Waals surface area contributed by atoms with Gasteiger partial charge in [-0.05, 0) is 61.4 Å². The highest BCUT2D eigenvalue weighted by Crippen LogP contribution is 2.37. The van der Waals surface area contributed by atoms with Crippen molar-refractivity contribution in [1.29, 1.82) is 0 Å². The van der Waals surface area contributed by atoms with E-state index in [1.165, 1.54) is 0 Å². The number of rotatable bonds is 6. The van der Waals surface area contributed by atoms with E-state index in [9.17, 15) is 13.3 Å². The third kappa shape index (κ3) is 4.93. The van der Waals surface area contributed by atoms with Crippen LogP contribution >= 0.6 is 34.7 Å². The number of nitrogens with zero attached hydrogens (tertiary/aromatic N) is 4. The second-order valence-electron chi connectivity index (χ2n) is 8.15. The Morgan fingerprint density at radius 2 is 1.59 bits per heavy atom. The molecule has 0 saturated carbocycles.